The third-order valence-electron chi connectivity index (χ3n) is 2.35. The lowest BCUT2D eigenvalue weighted by molar-refractivity contribution is 0.675. The SMILES string of the molecule is CC(Nc1cccnc1)c1ccnn1C. The summed E-state index contributed by atoms with van der Waals surface area (Å²) in [6.45, 7) is 2.10. The minimum atomic E-state index is 0.224. The molecular formula is C11H14N4. The lowest BCUT2D eigenvalue weighted by Gasteiger charge is -2.14. The van der Waals surface area contributed by atoms with E-state index in [9.17, 15) is 0 Å². The summed E-state index contributed by atoms with van der Waals surface area (Å²) in [5, 5.41) is 7.50. The molecule has 4 heteroatoms. The molecule has 0 saturated carbocycles. The monoisotopic (exact) mass is 202 g/mol. The lowest BCUT2D eigenvalue weighted by atomic mass is 10.2. The fraction of sp³-hybridized carbons (Fsp3) is 0.273. The zero-order chi connectivity index (χ0) is 10.7. The molecule has 0 aliphatic carbocycles. The maximum atomic E-state index is 4.14. The van der Waals surface area contributed by atoms with Crippen LogP contribution >= 0.6 is 0 Å². The zero-order valence-electron chi connectivity index (χ0n) is 8.88. The van der Waals surface area contributed by atoms with Crippen LogP contribution in [0.3, 0.4) is 0 Å². The van der Waals surface area contributed by atoms with E-state index in [1.54, 1.807) is 12.4 Å². The van der Waals surface area contributed by atoms with Crippen molar-refractivity contribution in [1.29, 1.82) is 0 Å². The van der Waals surface area contributed by atoms with Gasteiger partial charge in [0.05, 0.1) is 17.4 Å². The van der Waals surface area contributed by atoms with Gasteiger partial charge >= 0.3 is 0 Å². The highest BCUT2D eigenvalue weighted by molar-refractivity contribution is 5.41. The molecule has 1 atom stereocenters. The summed E-state index contributed by atoms with van der Waals surface area (Å²) >= 11 is 0. The Kier molecular flexibility index (Phi) is 2.67. The predicted molar refractivity (Wildman–Crippen MR) is 59.5 cm³/mol. The molecule has 4 nitrogen and oxygen atoms in total. The van der Waals surface area contributed by atoms with E-state index < -0.39 is 0 Å². The van der Waals surface area contributed by atoms with E-state index in [4.69, 9.17) is 0 Å². The van der Waals surface area contributed by atoms with Crippen LogP contribution in [0.4, 0.5) is 5.69 Å². The number of anilines is 1. The second-order valence-electron chi connectivity index (χ2n) is 3.49. The Labute approximate surface area is 89.0 Å². The van der Waals surface area contributed by atoms with Gasteiger partial charge in [-0.15, -0.1) is 0 Å². The number of nitrogens with one attached hydrogen (secondary N) is 1. The molecule has 0 fully saturated rings. The Morgan fingerprint density at radius 1 is 1.33 bits per heavy atom. The largest absolute Gasteiger partial charge is 0.376 e. The molecule has 1 unspecified atom stereocenters. The summed E-state index contributed by atoms with van der Waals surface area (Å²) in [6, 6.07) is 6.15. The minimum Gasteiger partial charge on any atom is -0.376 e. The molecule has 1 N–H and O–H groups in total. The van der Waals surface area contributed by atoms with Crippen LogP contribution in [0.2, 0.25) is 0 Å². The van der Waals surface area contributed by atoms with Crippen LogP contribution in [0.15, 0.2) is 36.8 Å². The van der Waals surface area contributed by atoms with Crippen LogP contribution in [0.1, 0.15) is 18.7 Å². The van der Waals surface area contributed by atoms with Gasteiger partial charge in [0.2, 0.25) is 0 Å². The summed E-state index contributed by atoms with van der Waals surface area (Å²) in [5.41, 5.74) is 2.17. The maximum absolute atomic E-state index is 4.14. The third-order valence-corrected chi connectivity index (χ3v) is 2.35. The molecule has 0 bridgehead atoms. The van der Waals surface area contributed by atoms with Gasteiger partial charge in [-0.2, -0.15) is 5.10 Å². The molecule has 0 aliphatic rings. The van der Waals surface area contributed by atoms with Gasteiger partial charge in [-0.3, -0.25) is 9.67 Å². The summed E-state index contributed by atoms with van der Waals surface area (Å²) in [7, 11) is 1.94. The number of nitrogens with zero attached hydrogens (tertiary/aromatic N) is 3. The van der Waals surface area contributed by atoms with Crippen LogP contribution in [0.25, 0.3) is 0 Å². The summed E-state index contributed by atoms with van der Waals surface area (Å²) in [5.74, 6) is 0. The zero-order valence-corrected chi connectivity index (χ0v) is 8.88. The molecule has 2 aromatic heterocycles. The number of aromatic nitrogens is 3. The second-order valence-corrected chi connectivity index (χ2v) is 3.49. The van der Waals surface area contributed by atoms with E-state index in [1.807, 2.05) is 36.1 Å². The first kappa shape index (κ1) is 9.71. The van der Waals surface area contributed by atoms with Gasteiger partial charge in [-0.25, -0.2) is 0 Å². The van der Waals surface area contributed by atoms with Crippen molar-refractivity contribution in [2.45, 2.75) is 13.0 Å². The lowest BCUT2D eigenvalue weighted by Crippen LogP contribution is -2.11. The third kappa shape index (κ3) is 2.15. The van der Waals surface area contributed by atoms with Gasteiger partial charge < -0.3 is 5.32 Å². The van der Waals surface area contributed by atoms with Crippen molar-refractivity contribution < 1.29 is 0 Å². The molecule has 78 valence electrons. The Bertz CT molecular complexity index is 421. The van der Waals surface area contributed by atoms with E-state index in [2.05, 4.69) is 22.3 Å². The highest BCUT2D eigenvalue weighted by Crippen LogP contribution is 2.16. The van der Waals surface area contributed by atoms with Crippen LogP contribution in [0, 0.1) is 0 Å². The predicted octanol–water partition coefficient (Wildman–Crippen LogP) is 1.99. The second kappa shape index (κ2) is 4.13. The van der Waals surface area contributed by atoms with Crippen molar-refractivity contribution in [3.8, 4) is 0 Å². The number of pyridine rings is 1. The number of rotatable bonds is 3. The minimum absolute atomic E-state index is 0.224. The Morgan fingerprint density at radius 2 is 2.20 bits per heavy atom. The Morgan fingerprint density at radius 3 is 2.80 bits per heavy atom. The molecule has 0 radical (unpaired) electrons. The maximum Gasteiger partial charge on any atom is 0.0654 e. The Balaban J connectivity index is 2.11. The van der Waals surface area contributed by atoms with Gasteiger partial charge in [0.15, 0.2) is 0 Å². The molecule has 15 heavy (non-hydrogen) atoms. The van der Waals surface area contributed by atoms with E-state index in [1.165, 1.54) is 0 Å². The quantitative estimate of drug-likeness (QED) is 0.827. The first-order chi connectivity index (χ1) is 7.27. The van der Waals surface area contributed by atoms with Crippen LogP contribution in [-0.4, -0.2) is 14.8 Å². The average Bonchev–Trinajstić information content (AvgIpc) is 2.66. The summed E-state index contributed by atoms with van der Waals surface area (Å²) < 4.78 is 1.87. The molecular weight excluding hydrogens is 188 g/mol. The number of aryl methyl sites for hydroxylation is 1. The van der Waals surface area contributed by atoms with Gasteiger partial charge in [0.25, 0.3) is 0 Å². The van der Waals surface area contributed by atoms with Crippen molar-refractivity contribution in [2.24, 2.45) is 7.05 Å². The van der Waals surface area contributed by atoms with E-state index >= 15 is 0 Å². The van der Waals surface area contributed by atoms with E-state index in [0.29, 0.717) is 0 Å². The highest BCUT2D eigenvalue weighted by Gasteiger charge is 2.08. The van der Waals surface area contributed by atoms with Gasteiger partial charge in [-0.1, -0.05) is 0 Å². The fourth-order valence-corrected chi connectivity index (χ4v) is 1.58. The number of hydrogen-bond acceptors (Lipinski definition) is 3. The van der Waals surface area contributed by atoms with Gasteiger partial charge in [-0.05, 0) is 25.1 Å². The van der Waals surface area contributed by atoms with E-state index in [0.717, 1.165) is 11.4 Å². The first-order valence-corrected chi connectivity index (χ1v) is 4.92. The molecule has 2 rings (SSSR count). The highest BCUT2D eigenvalue weighted by atomic mass is 15.3. The molecule has 0 aliphatic heterocycles. The van der Waals surface area contributed by atoms with Crippen LogP contribution < -0.4 is 5.32 Å². The first-order valence-electron chi connectivity index (χ1n) is 4.92. The molecule has 0 saturated heterocycles. The van der Waals surface area contributed by atoms with Crippen molar-refractivity contribution in [3.05, 3.63) is 42.5 Å². The smallest absolute Gasteiger partial charge is 0.0654 e. The van der Waals surface area contributed by atoms with Gasteiger partial charge in [0, 0.05) is 25.6 Å². The fourth-order valence-electron chi connectivity index (χ4n) is 1.58. The van der Waals surface area contributed by atoms with Crippen molar-refractivity contribution in [1.82, 2.24) is 14.8 Å². The summed E-state index contributed by atoms with van der Waals surface area (Å²) in [4.78, 5) is 4.06. The molecule has 2 heterocycles. The molecule has 0 amide bonds. The topological polar surface area (TPSA) is 42.7 Å². The van der Waals surface area contributed by atoms with Crippen LogP contribution in [0.5, 0.6) is 0 Å². The summed E-state index contributed by atoms with van der Waals surface area (Å²) in [6.07, 6.45) is 5.38. The van der Waals surface area contributed by atoms with Crippen molar-refractivity contribution in [3.63, 3.8) is 0 Å². The van der Waals surface area contributed by atoms with Crippen LogP contribution in [-0.2, 0) is 7.05 Å². The number of hydrogen-bond donors (Lipinski definition) is 1. The standard InChI is InChI=1S/C11H14N4/c1-9(11-5-7-13-15(11)2)14-10-4-3-6-12-8-10/h3-9,14H,1-2H3. The van der Waals surface area contributed by atoms with Crippen molar-refractivity contribution >= 4 is 5.69 Å². The molecule has 2 aromatic rings. The van der Waals surface area contributed by atoms with Gasteiger partial charge in [0.1, 0.15) is 0 Å². The van der Waals surface area contributed by atoms with E-state index in [-0.39, 0.29) is 6.04 Å². The Hall–Kier alpha value is -1.84. The average molecular weight is 202 g/mol. The molecule has 0 spiro atoms. The van der Waals surface area contributed by atoms with Crippen molar-refractivity contribution in [2.75, 3.05) is 5.32 Å². The molecule has 0 aromatic carbocycles. The normalized spacial score (nSPS) is 12.4.